The maximum absolute atomic E-state index is 13.7. The first-order valence-corrected chi connectivity index (χ1v) is 7.03. The number of carbonyl (C=O) groups is 1. The van der Waals surface area contributed by atoms with Gasteiger partial charge in [0, 0.05) is 10.0 Å². The number of fused-ring (bicyclic) bond motifs is 1. The number of benzene rings is 3. The maximum Gasteiger partial charge on any atom is 0.196 e. The van der Waals surface area contributed by atoms with Gasteiger partial charge in [0.1, 0.15) is 11.6 Å². The third-order valence-electron chi connectivity index (χ3n) is 3.24. The highest BCUT2D eigenvalue weighted by Gasteiger charge is 2.15. The SMILES string of the molecule is O=C(c1ccc2cc(Br)ccc2c1)c1cc(F)ccc1F. The average Bonchev–Trinajstić information content (AvgIpc) is 2.48. The Balaban J connectivity index is 2.09. The Labute approximate surface area is 128 Å². The first kappa shape index (κ1) is 13.9. The van der Waals surface area contributed by atoms with Gasteiger partial charge in [0.05, 0.1) is 5.56 Å². The third-order valence-corrected chi connectivity index (χ3v) is 3.73. The zero-order chi connectivity index (χ0) is 15.0. The highest BCUT2D eigenvalue weighted by Crippen LogP contribution is 2.23. The fourth-order valence-corrected chi connectivity index (χ4v) is 2.56. The van der Waals surface area contributed by atoms with E-state index in [0.717, 1.165) is 33.4 Å². The lowest BCUT2D eigenvalue weighted by molar-refractivity contribution is 0.103. The molecule has 0 aromatic heterocycles. The molecule has 3 rings (SSSR count). The molecule has 0 aliphatic rings. The lowest BCUT2D eigenvalue weighted by atomic mass is 9.99. The lowest BCUT2D eigenvalue weighted by Crippen LogP contribution is -2.04. The Morgan fingerprint density at radius 3 is 2.38 bits per heavy atom. The van der Waals surface area contributed by atoms with Crippen molar-refractivity contribution < 1.29 is 13.6 Å². The van der Waals surface area contributed by atoms with Crippen LogP contribution in [0.3, 0.4) is 0 Å². The molecule has 0 bridgehead atoms. The molecule has 4 heteroatoms. The van der Waals surface area contributed by atoms with Crippen LogP contribution in [-0.4, -0.2) is 5.78 Å². The Hall–Kier alpha value is -2.07. The molecule has 0 spiro atoms. The highest BCUT2D eigenvalue weighted by molar-refractivity contribution is 9.10. The Bertz CT molecular complexity index is 859. The van der Waals surface area contributed by atoms with E-state index in [1.54, 1.807) is 18.2 Å². The van der Waals surface area contributed by atoms with Crippen molar-refractivity contribution in [3.63, 3.8) is 0 Å². The second kappa shape index (κ2) is 5.37. The summed E-state index contributed by atoms with van der Waals surface area (Å²) in [5.74, 6) is -1.89. The molecule has 0 aliphatic carbocycles. The van der Waals surface area contributed by atoms with Gasteiger partial charge in [0.15, 0.2) is 5.78 Å². The van der Waals surface area contributed by atoms with E-state index in [4.69, 9.17) is 0 Å². The number of carbonyl (C=O) groups excluding carboxylic acids is 1. The Kier molecular flexibility index (Phi) is 3.55. The minimum absolute atomic E-state index is 0.258. The fraction of sp³-hybridized carbons (Fsp3) is 0. The van der Waals surface area contributed by atoms with Crippen LogP contribution in [0.4, 0.5) is 8.78 Å². The van der Waals surface area contributed by atoms with Gasteiger partial charge in [-0.3, -0.25) is 4.79 Å². The van der Waals surface area contributed by atoms with Crippen LogP contribution in [0.1, 0.15) is 15.9 Å². The zero-order valence-corrected chi connectivity index (χ0v) is 12.3. The van der Waals surface area contributed by atoms with Gasteiger partial charge in [0.25, 0.3) is 0 Å². The van der Waals surface area contributed by atoms with Crippen molar-refractivity contribution in [1.29, 1.82) is 0 Å². The summed E-state index contributed by atoms with van der Waals surface area (Å²) in [6.07, 6.45) is 0. The molecule has 0 unspecified atom stereocenters. The number of rotatable bonds is 2. The van der Waals surface area contributed by atoms with Gasteiger partial charge < -0.3 is 0 Å². The van der Waals surface area contributed by atoms with Crippen LogP contribution in [0.25, 0.3) is 10.8 Å². The summed E-state index contributed by atoms with van der Waals surface area (Å²) >= 11 is 3.38. The van der Waals surface area contributed by atoms with Crippen molar-refractivity contribution in [2.75, 3.05) is 0 Å². The van der Waals surface area contributed by atoms with Crippen molar-refractivity contribution in [1.82, 2.24) is 0 Å². The third kappa shape index (κ3) is 2.72. The normalized spacial score (nSPS) is 10.8. The fourth-order valence-electron chi connectivity index (χ4n) is 2.18. The Morgan fingerprint density at radius 2 is 1.57 bits per heavy atom. The molecule has 0 fully saturated rings. The summed E-state index contributed by atoms with van der Waals surface area (Å²) in [4.78, 5) is 12.3. The van der Waals surface area contributed by atoms with E-state index in [1.807, 2.05) is 18.2 Å². The van der Waals surface area contributed by atoms with Crippen LogP contribution in [-0.2, 0) is 0 Å². The molecule has 0 atom stereocenters. The predicted octanol–water partition coefficient (Wildman–Crippen LogP) is 5.11. The molecule has 1 nitrogen and oxygen atoms in total. The van der Waals surface area contributed by atoms with Gasteiger partial charge in [-0.1, -0.05) is 34.1 Å². The molecule has 104 valence electrons. The molecule has 0 N–H and O–H groups in total. The molecule has 21 heavy (non-hydrogen) atoms. The summed E-state index contributed by atoms with van der Waals surface area (Å²) in [5.41, 5.74) is 0.0702. The second-order valence-electron chi connectivity index (χ2n) is 4.66. The summed E-state index contributed by atoms with van der Waals surface area (Å²) in [7, 11) is 0. The minimum Gasteiger partial charge on any atom is -0.288 e. The predicted molar refractivity (Wildman–Crippen MR) is 81.4 cm³/mol. The molecule has 0 saturated heterocycles. The van der Waals surface area contributed by atoms with Crippen LogP contribution >= 0.6 is 15.9 Å². The van der Waals surface area contributed by atoms with E-state index >= 15 is 0 Å². The van der Waals surface area contributed by atoms with Gasteiger partial charge in [-0.05, 0) is 47.2 Å². The van der Waals surface area contributed by atoms with Gasteiger partial charge in [-0.15, -0.1) is 0 Å². The van der Waals surface area contributed by atoms with Crippen molar-refractivity contribution in [2.24, 2.45) is 0 Å². The van der Waals surface area contributed by atoms with Gasteiger partial charge in [0.2, 0.25) is 0 Å². The van der Waals surface area contributed by atoms with E-state index < -0.39 is 17.4 Å². The van der Waals surface area contributed by atoms with Gasteiger partial charge in [-0.25, -0.2) is 8.78 Å². The van der Waals surface area contributed by atoms with Crippen LogP contribution < -0.4 is 0 Å². The van der Waals surface area contributed by atoms with Crippen LogP contribution in [0.5, 0.6) is 0 Å². The number of hydrogen-bond acceptors (Lipinski definition) is 1. The van der Waals surface area contributed by atoms with Crippen molar-refractivity contribution in [3.05, 3.63) is 81.8 Å². The monoisotopic (exact) mass is 346 g/mol. The number of halogens is 3. The topological polar surface area (TPSA) is 17.1 Å². The first-order valence-electron chi connectivity index (χ1n) is 6.24. The summed E-state index contributed by atoms with van der Waals surface area (Å²) < 4.78 is 27.8. The summed E-state index contributed by atoms with van der Waals surface area (Å²) in [6, 6.07) is 13.6. The molecule has 0 radical (unpaired) electrons. The first-order chi connectivity index (χ1) is 10.0. The quantitative estimate of drug-likeness (QED) is 0.589. The molecular weight excluding hydrogens is 338 g/mol. The standard InChI is InChI=1S/C17H9BrF2O/c18-13-4-3-10-7-12(2-1-11(10)8-13)17(21)15-9-14(19)5-6-16(15)20/h1-9H. The molecule has 0 saturated carbocycles. The van der Waals surface area contributed by atoms with E-state index in [9.17, 15) is 13.6 Å². The molecule has 0 heterocycles. The van der Waals surface area contributed by atoms with Crippen molar-refractivity contribution in [3.8, 4) is 0 Å². The second-order valence-corrected chi connectivity index (χ2v) is 5.58. The number of hydrogen-bond donors (Lipinski definition) is 0. The molecule has 3 aromatic carbocycles. The summed E-state index contributed by atoms with van der Waals surface area (Å²) in [5, 5.41) is 1.82. The van der Waals surface area contributed by atoms with Crippen molar-refractivity contribution >= 4 is 32.5 Å². The Morgan fingerprint density at radius 1 is 0.857 bits per heavy atom. The minimum atomic E-state index is -0.725. The number of ketones is 1. The van der Waals surface area contributed by atoms with E-state index in [0.29, 0.717) is 5.56 Å². The maximum atomic E-state index is 13.7. The molecule has 0 aliphatic heterocycles. The zero-order valence-electron chi connectivity index (χ0n) is 10.7. The van der Waals surface area contributed by atoms with Crippen molar-refractivity contribution in [2.45, 2.75) is 0 Å². The largest absolute Gasteiger partial charge is 0.288 e. The van der Waals surface area contributed by atoms with Crippen LogP contribution in [0, 0.1) is 11.6 Å². The smallest absolute Gasteiger partial charge is 0.196 e. The van der Waals surface area contributed by atoms with Crippen LogP contribution in [0.15, 0.2) is 59.1 Å². The van der Waals surface area contributed by atoms with E-state index in [1.165, 1.54) is 0 Å². The van der Waals surface area contributed by atoms with Crippen LogP contribution in [0.2, 0.25) is 0 Å². The van der Waals surface area contributed by atoms with E-state index in [2.05, 4.69) is 15.9 Å². The average molecular weight is 347 g/mol. The lowest BCUT2D eigenvalue weighted by Gasteiger charge is -2.05. The summed E-state index contributed by atoms with van der Waals surface area (Å²) in [6.45, 7) is 0. The molecule has 0 amide bonds. The molecule has 3 aromatic rings. The molecular formula is C17H9BrF2O. The van der Waals surface area contributed by atoms with E-state index in [-0.39, 0.29) is 5.56 Å². The van der Waals surface area contributed by atoms with Gasteiger partial charge in [-0.2, -0.15) is 0 Å². The highest BCUT2D eigenvalue weighted by atomic mass is 79.9. The van der Waals surface area contributed by atoms with Gasteiger partial charge >= 0.3 is 0 Å².